The number of hydrogen-bond donors (Lipinski definition) is 2. The average molecular weight is 525 g/mol. The van der Waals surface area contributed by atoms with Crippen LogP contribution < -0.4 is 21.3 Å². The van der Waals surface area contributed by atoms with E-state index in [9.17, 15) is 9.59 Å². The minimum atomic E-state index is -0.288. The van der Waals surface area contributed by atoms with E-state index in [0.717, 1.165) is 11.1 Å². The zero-order valence-corrected chi connectivity index (χ0v) is 21.4. The zero-order chi connectivity index (χ0) is 26.4. The van der Waals surface area contributed by atoms with Crippen LogP contribution in [0.1, 0.15) is 31.8 Å². The molecule has 0 heterocycles. The van der Waals surface area contributed by atoms with E-state index >= 15 is 0 Å². The highest BCUT2D eigenvalue weighted by atomic mass is 32.1. The van der Waals surface area contributed by atoms with Crippen LogP contribution in [0.2, 0.25) is 0 Å². The Morgan fingerprint density at radius 2 is 0.865 bits per heavy atom. The predicted molar refractivity (Wildman–Crippen MR) is 156 cm³/mol. The summed E-state index contributed by atoms with van der Waals surface area (Å²) in [6.45, 7) is 0. The summed E-state index contributed by atoms with van der Waals surface area (Å²) in [5, 5.41) is -0.0470. The first-order valence-electron chi connectivity index (χ1n) is 11.4. The van der Waals surface area contributed by atoms with E-state index in [1.54, 1.807) is 48.5 Å². The van der Waals surface area contributed by atoms with Crippen molar-refractivity contribution >= 4 is 57.8 Å². The summed E-state index contributed by atoms with van der Waals surface area (Å²) in [6.07, 6.45) is 0.639. The Morgan fingerprint density at radius 3 is 1.16 bits per heavy atom. The molecular formula is C29H24N4O2S2. The van der Waals surface area contributed by atoms with Crippen molar-refractivity contribution in [2.75, 3.05) is 9.80 Å². The second-order valence-corrected chi connectivity index (χ2v) is 9.04. The largest absolute Gasteiger partial charge is 0.376 e. The first-order valence-corrected chi connectivity index (χ1v) is 12.2. The van der Waals surface area contributed by atoms with Gasteiger partial charge < -0.3 is 11.5 Å². The topological polar surface area (TPSA) is 92.7 Å². The van der Waals surface area contributed by atoms with Crippen molar-refractivity contribution in [3.05, 3.63) is 131 Å². The number of anilines is 2. The molecule has 37 heavy (non-hydrogen) atoms. The Balaban J connectivity index is 1.49. The number of nitrogens with two attached hydrogens (primary N) is 2. The molecule has 0 aliphatic rings. The molecular weight excluding hydrogens is 500 g/mol. The van der Waals surface area contributed by atoms with E-state index in [-0.39, 0.29) is 22.0 Å². The first-order chi connectivity index (χ1) is 17.8. The molecule has 0 unspecified atom stereocenters. The molecule has 4 aromatic rings. The number of carbonyl (C=O) groups is 2. The monoisotopic (exact) mass is 524 g/mol. The highest BCUT2D eigenvalue weighted by molar-refractivity contribution is 7.80. The summed E-state index contributed by atoms with van der Waals surface area (Å²) < 4.78 is 0. The fraction of sp³-hybridized carbons (Fsp3) is 0.0345. The number of nitrogens with zero attached hydrogens (tertiary/aromatic N) is 2. The van der Waals surface area contributed by atoms with Crippen molar-refractivity contribution in [3.63, 3.8) is 0 Å². The van der Waals surface area contributed by atoms with E-state index in [4.69, 9.17) is 35.9 Å². The van der Waals surface area contributed by atoms with Gasteiger partial charge in [-0.1, -0.05) is 60.7 Å². The van der Waals surface area contributed by atoms with Crippen molar-refractivity contribution in [3.8, 4) is 0 Å². The number of amides is 2. The third kappa shape index (κ3) is 6.06. The molecule has 0 bridgehead atoms. The van der Waals surface area contributed by atoms with Crippen LogP contribution in [0.5, 0.6) is 0 Å². The number of thiocarbonyl (C=S) groups is 2. The molecule has 0 fully saturated rings. The fourth-order valence-corrected chi connectivity index (χ4v) is 4.25. The molecule has 0 aromatic heterocycles. The second kappa shape index (κ2) is 11.6. The van der Waals surface area contributed by atoms with Gasteiger partial charge in [0.15, 0.2) is 10.2 Å². The molecule has 0 saturated heterocycles. The molecule has 4 aromatic carbocycles. The van der Waals surface area contributed by atoms with E-state index in [1.165, 1.54) is 9.80 Å². The number of hydrogen-bond acceptors (Lipinski definition) is 4. The van der Waals surface area contributed by atoms with Crippen LogP contribution >= 0.6 is 24.4 Å². The van der Waals surface area contributed by atoms with Gasteiger partial charge in [0.1, 0.15) is 0 Å². The minimum Gasteiger partial charge on any atom is -0.376 e. The summed E-state index contributed by atoms with van der Waals surface area (Å²) >= 11 is 10.3. The van der Waals surface area contributed by atoms with Crippen molar-refractivity contribution < 1.29 is 9.59 Å². The van der Waals surface area contributed by atoms with Crippen molar-refractivity contribution in [1.29, 1.82) is 0 Å². The Hall–Kier alpha value is -4.40. The Bertz CT molecular complexity index is 1310. The third-order valence-electron chi connectivity index (χ3n) is 5.69. The van der Waals surface area contributed by atoms with Crippen molar-refractivity contribution in [1.82, 2.24) is 0 Å². The SMILES string of the molecule is NC(=S)N(C(=O)c1ccccc1)c1ccc(Cc2ccc(N(C(=O)c3ccccc3)C(N)=S)cc2)cc1. The minimum absolute atomic E-state index is 0.0235. The number of carbonyl (C=O) groups excluding carboxylic acids is 2. The Morgan fingerprint density at radius 1 is 0.541 bits per heavy atom. The van der Waals surface area contributed by atoms with Crippen LogP contribution in [0.25, 0.3) is 0 Å². The predicted octanol–water partition coefficient (Wildman–Crippen LogP) is 5.06. The van der Waals surface area contributed by atoms with E-state index in [0.29, 0.717) is 28.9 Å². The van der Waals surface area contributed by atoms with Crippen molar-refractivity contribution in [2.45, 2.75) is 6.42 Å². The van der Waals surface area contributed by atoms with Crippen LogP contribution in [0.3, 0.4) is 0 Å². The van der Waals surface area contributed by atoms with Gasteiger partial charge in [0.25, 0.3) is 11.8 Å². The summed E-state index contributed by atoms with van der Waals surface area (Å²) in [5.74, 6) is -0.576. The molecule has 0 saturated carbocycles. The van der Waals surface area contributed by atoms with Gasteiger partial charge in [-0.25, -0.2) is 0 Å². The van der Waals surface area contributed by atoms with Crippen LogP contribution in [-0.2, 0) is 6.42 Å². The van der Waals surface area contributed by atoms with E-state index in [2.05, 4.69) is 0 Å². The van der Waals surface area contributed by atoms with Crippen LogP contribution in [0.15, 0.2) is 109 Å². The van der Waals surface area contributed by atoms with E-state index < -0.39 is 0 Å². The molecule has 0 aliphatic carbocycles. The standard InChI is InChI=1S/C29H24N4O2S2/c30-28(36)32(26(34)22-7-3-1-4-8-22)24-15-11-20(12-16-24)19-21-13-17-25(18-14-21)33(29(31)37)27(35)23-9-5-2-6-10-23/h1-18H,19H2,(H2,30,36)(H2,31,37). The van der Waals surface area contributed by atoms with Gasteiger partial charge in [-0.2, -0.15) is 0 Å². The molecule has 6 nitrogen and oxygen atoms in total. The molecule has 0 aliphatic heterocycles. The zero-order valence-electron chi connectivity index (χ0n) is 19.8. The molecule has 4 N–H and O–H groups in total. The summed E-state index contributed by atoms with van der Waals surface area (Å²) in [7, 11) is 0. The van der Waals surface area contributed by atoms with Crippen LogP contribution in [0, 0.1) is 0 Å². The second-order valence-electron chi connectivity index (χ2n) is 8.20. The van der Waals surface area contributed by atoms with Gasteiger partial charge in [-0.15, -0.1) is 0 Å². The van der Waals surface area contributed by atoms with Crippen LogP contribution in [0.4, 0.5) is 11.4 Å². The maximum absolute atomic E-state index is 12.9. The van der Waals surface area contributed by atoms with Gasteiger partial charge in [-0.3, -0.25) is 19.4 Å². The maximum Gasteiger partial charge on any atom is 0.264 e. The van der Waals surface area contributed by atoms with Gasteiger partial charge in [0.05, 0.1) is 11.4 Å². The molecule has 8 heteroatoms. The number of rotatable bonds is 6. The first kappa shape index (κ1) is 25.7. The highest BCUT2D eigenvalue weighted by Crippen LogP contribution is 2.22. The van der Waals surface area contributed by atoms with Gasteiger partial charge in [-0.05, 0) is 90.5 Å². The highest BCUT2D eigenvalue weighted by Gasteiger charge is 2.21. The Kier molecular flexibility index (Phi) is 8.02. The fourth-order valence-electron chi connectivity index (χ4n) is 3.87. The molecule has 2 amide bonds. The van der Waals surface area contributed by atoms with Gasteiger partial charge >= 0.3 is 0 Å². The average Bonchev–Trinajstić information content (AvgIpc) is 2.91. The summed E-state index contributed by atoms with van der Waals surface area (Å²) in [6, 6.07) is 32.7. The number of benzene rings is 4. The lowest BCUT2D eigenvalue weighted by Gasteiger charge is -2.22. The summed E-state index contributed by atoms with van der Waals surface area (Å²) in [4.78, 5) is 28.5. The van der Waals surface area contributed by atoms with Crippen LogP contribution in [-0.4, -0.2) is 22.0 Å². The lowest BCUT2D eigenvalue weighted by Crippen LogP contribution is -2.40. The lowest BCUT2D eigenvalue weighted by molar-refractivity contribution is 0.0994. The Labute approximate surface area is 226 Å². The quantitative estimate of drug-likeness (QED) is 0.343. The smallest absolute Gasteiger partial charge is 0.264 e. The molecule has 4 rings (SSSR count). The summed E-state index contributed by atoms with van der Waals surface area (Å²) in [5.41, 5.74) is 16.0. The molecule has 0 radical (unpaired) electrons. The molecule has 0 atom stereocenters. The normalized spacial score (nSPS) is 10.4. The van der Waals surface area contributed by atoms with E-state index in [1.807, 2.05) is 60.7 Å². The third-order valence-corrected chi connectivity index (χ3v) is 6.05. The maximum atomic E-state index is 12.9. The van der Waals surface area contributed by atoms with Crippen molar-refractivity contribution in [2.24, 2.45) is 11.5 Å². The molecule has 0 spiro atoms. The lowest BCUT2D eigenvalue weighted by atomic mass is 10.0. The molecule has 184 valence electrons. The van der Waals surface area contributed by atoms with Gasteiger partial charge in [0, 0.05) is 11.1 Å². The van der Waals surface area contributed by atoms with Gasteiger partial charge in [0.2, 0.25) is 0 Å².